The van der Waals surface area contributed by atoms with E-state index in [9.17, 15) is 15.0 Å². The van der Waals surface area contributed by atoms with Gasteiger partial charge < -0.3 is 15.5 Å². The topological polar surface area (TPSA) is 94.3 Å². The molecular formula is C21H27N3O3S. The molecule has 1 amide bonds. The van der Waals surface area contributed by atoms with Crippen molar-refractivity contribution < 1.29 is 15.0 Å². The summed E-state index contributed by atoms with van der Waals surface area (Å²) >= 11 is 1.82. The van der Waals surface area contributed by atoms with Gasteiger partial charge in [-0.15, -0.1) is 11.8 Å². The number of carbonyl (C=O) groups is 1. The first-order valence-electron chi connectivity index (χ1n) is 9.23. The maximum atomic E-state index is 12.1. The number of nitrogens with one attached hydrogen (secondary N) is 1. The largest absolute Gasteiger partial charge is 0.394 e. The molecule has 0 aromatic heterocycles. The lowest BCUT2D eigenvalue weighted by atomic mass is 10.1. The Labute approximate surface area is 170 Å². The average Bonchev–Trinajstić information content (AvgIpc) is 2.69. The molecule has 0 saturated heterocycles. The molecule has 7 heteroatoms. The first-order chi connectivity index (χ1) is 13.4. The number of azo groups is 1. The van der Waals surface area contributed by atoms with E-state index in [4.69, 9.17) is 0 Å². The Hall–Kier alpha value is -2.22. The third kappa shape index (κ3) is 7.07. The predicted octanol–water partition coefficient (Wildman–Crippen LogP) is 4.32. The molecule has 2 atom stereocenters. The lowest BCUT2D eigenvalue weighted by Gasteiger charge is -2.18. The normalized spacial score (nSPS) is 13.6. The van der Waals surface area contributed by atoms with Crippen molar-refractivity contribution in [3.05, 3.63) is 54.1 Å². The molecule has 0 saturated carbocycles. The Bertz CT molecular complexity index is 774. The number of aliphatic hydroxyl groups excluding tert-OH is 2. The van der Waals surface area contributed by atoms with Crippen LogP contribution in [0.4, 0.5) is 11.4 Å². The third-order valence-corrected chi connectivity index (χ3v) is 5.36. The van der Waals surface area contributed by atoms with E-state index >= 15 is 0 Å². The van der Waals surface area contributed by atoms with Gasteiger partial charge in [0.1, 0.15) is 0 Å². The Morgan fingerprint density at radius 2 is 1.54 bits per heavy atom. The van der Waals surface area contributed by atoms with Crippen molar-refractivity contribution in [2.75, 3.05) is 12.4 Å². The summed E-state index contributed by atoms with van der Waals surface area (Å²) in [5.74, 6) is 1.37. The van der Waals surface area contributed by atoms with E-state index in [1.165, 1.54) is 11.8 Å². The zero-order valence-electron chi connectivity index (χ0n) is 16.4. The fraction of sp³-hybridized carbons (Fsp3) is 0.381. The molecule has 28 heavy (non-hydrogen) atoms. The summed E-state index contributed by atoms with van der Waals surface area (Å²) in [6, 6.07) is 13.9. The molecule has 0 spiro atoms. The average molecular weight is 402 g/mol. The highest BCUT2D eigenvalue weighted by atomic mass is 32.2. The van der Waals surface area contributed by atoms with Gasteiger partial charge in [0.2, 0.25) is 0 Å². The summed E-state index contributed by atoms with van der Waals surface area (Å²) in [4.78, 5) is 13.4. The van der Waals surface area contributed by atoms with Crippen LogP contribution in [0.15, 0.2) is 63.7 Å². The van der Waals surface area contributed by atoms with E-state index in [0.29, 0.717) is 17.2 Å². The number of amides is 1. The minimum atomic E-state index is -0.836. The van der Waals surface area contributed by atoms with Crippen LogP contribution in [0.3, 0.4) is 0 Å². The number of rotatable bonds is 9. The molecular weight excluding hydrogens is 374 g/mol. The fourth-order valence-electron chi connectivity index (χ4n) is 2.24. The number of nitrogens with zero attached hydrogens (tertiary/aromatic N) is 2. The Morgan fingerprint density at radius 1 is 1.00 bits per heavy atom. The molecule has 0 bridgehead atoms. The summed E-state index contributed by atoms with van der Waals surface area (Å²) < 4.78 is 0. The number of thioether (sulfide) groups is 1. The van der Waals surface area contributed by atoms with Gasteiger partial charge in [-0.1, -0.05) is 13.8 Å². The molecule has 2 aromatic carbocycles. The zero-order valence-corrected chi connectivity index (χ0v) is 17.2. The number of hydrogen-bond donors (Lipinski definition) is 3. The minimum Gasteiger partial charge on any atom is -0.394 e. The lowest BCUT2D eigenvalue weighted by molar-refractivity contribution is 0.0758. The van der Waals surface area contributed by atoms with Gasteiger partial charge in [0, 0.05) is 16.2 Å². The van der Waals surface area contributed by atoms with Crippen molar-refractivity contribution in [1.82, 2.24) is 5.32 Å². The molecule has 3 N–H and O–H groups in total. The predicted molar refractivity (Wildman–Crippen MR) is 113 cm³/mol. The first-order valence-corrected chi connectivity index (χ1v) is 10.2. The second kappa shape index (κ2) is 10.9. The molecule has 2 aromatic rings. The maximum Gasteiger partial charge on any atom is 0.251 e. The standard InChI is InChI=1S/C21H27N3O3S/c1-14(2)13-28-19-10-8-18(9-11-19)24-23-17-6-4-16(5-7-17)21(27)22-20(12-25)15(3)26/h4-11,14-15,20,25-26H,12-13H2,1-3H3,(H,22,27)/t15-,20-/m1/s1. The van der Waals surface area contributed by atoms with Crippen LogP contribution in [0.5, 0.6) is 0 Å². The van der Waals surface area contributed by atoms with E-state index in [0.717, 1.165) is 11.4 Å². The van der Waals surface area contributed by atoms with Crippen molar-refractivity contribution in [2.24, 2.45) is 16.1 Å². The molecule has 6 nitrogen and oxygen atoms in total. The summed E-state index contributed by atoms with van der Waals surface area (Å²) in [7, 11) is 0. The van der Waals surface area contributed by atoms with Crippen LogP contribution >= 0.6 is 11.8 Å². The molecule has 0 aliphatic rings. The lowest BCUT2D eigenvalue weighted by Crippen LogP contribution is -2.44. The SMILES string of the molecule is CC(C)CSc1ccc(N=Nc2ccc(C(=O)N[C@H](CO)[C@@H](C)O)cc2)cc1. The maximum absolute atomic E-state index is 12.1. The fourth-order valence-corrected chi connectivity index (χ4v) is 3.09. The number of aliphatic hydroxyl groups is 2. The van der Waals surface area contributed by atoms with Crippen LogP contribution in [-0.2, 0) is 0 Å². The van der Waals surface area contributed by atoms with Gasteiger partial charge in [-0.25, -0.2) is 0 Å². The summed E-state index contributed by atoms with van der Waals surface area (Å²) in [6.07, 6.45) is -0.836. The van der Waals surface area contributed by atoms with Crippen LogP contribution in [0.2, 0.25) is 0 Å². The van der Waals surface area contributed by atoms with Crippen molar-refractivity contribution in [1.29, 1.82) is 0 Å². The zero-order chi connectivity index (χ0) is 20.5. The highest BCUT2D eigenvalue weighted by Gasteiger charge is 2.17. The second-order valence-electron chi connectivity index (χ2n) is 6.95. The van der Waals surface area contributed by atoms with E-state index in [1.54, 1.807) is 24.3 Å². The van der Waals surface area contributed by atoms with E-state index in [2.05, 4.69) is 29.4 Å². The van der Waals surface area contributed by atoms with Crippen LogP contribution < -0.4 is 5.32 Å². The van der Waals surface area contributed by atoms with Crippen LogP contribution in [0.1, 0.15) is 31.1 Å². The van der Waals surface area contributed by atoms with E-state index in [1.807, 2.05) is 36.0 Å². The molecule has 0 aliphatic carbocycles. The van der Waals surface area contributed by atoms with Gasteiger partial charge >= 0.3 is 0 Å². The van der Waals surface area contributed by atoms with Gasteiger partial charge in [-0.3, -0.25) is 4.79 Å². The monoisotopic (exact) mass is 401 g/mol. The van der Waals surface area contributed by atoms with Crippen molar-refractivity contribution in [3.8, 4) is 0 Å². The van der Waals surface area contributed by atoms with Crippen molar-refractivity contribution >= 4 is 29.0 Å². The summed E-state index contributed by atoms with van der Waals surface area (Å²) in [6.45, 7) is 5.58. The molecule has 0 heterocycles. The second-order valence-corrected chi connectivity index (χ2v) is 8.04. The molecule has 150 valence electrons. The smallest absolute Gasteiger partial charge is 0.251 e. The van der Waals surface area contributed by atoms with E-state index < -0.39 is 12.1 Å². The number of benzene rings is 2. The van der Waals surface area contributed by atoms with Crippen LogP contribution in [0, 0.1) is 5.92 Å². The van der Waals surface area contributed by atoms with E-state index in [-0.39, 0.29) is 12.5 Å². The highest BCUT2D eigenvalue weighted by molar-refractivity contribution is 7.99. The van der Waals surface area contributed by atoms with Crippen molar-refractivity contribution in [3.63, 3.8) is 0 Å². The third-order valence-electron chi connectivity index (χ3n) is 3.93. The molecule has 0 unspecified atom stereocenters. The number of hydrogen-bond acceptors (Lipinski definition) is 6. The quantitative estimate of drug-likeness (QED) is 0.431. The molecule has 0 radical (unpaired) electrons. The van der Waals surface area contributed by atoms with Gasteiger partial charge in [0.25, 0.3) is 5.91 Å². The van der Waals surface area contributed by atoms with Gasteiger partial charge in [-0.2, -0.15) is 10.2 Å². The Morgan fingerprint density at radius 3 is 2.00 bits per heavy atom. The Balaban J connectivity index is 1.95. The van der Waals surface area contributed by atoms with Crippen LogP contribution in [0.25, 0.3) is 0 Å². The summed E-state index contributed by atoms with van der Waals surface area (Å²) in [5.41, 5.74) is 1.81. The molecule has 0 aliphatic heterocycles. The van der Waals surface area contributed by atoms with Crippen molar-refractivity contribution in [2.45, 2.75) is 37.8 Å². The van der Waals surface area contributed by atoms with Gasteiger partial charge in [-0.05, 0) is 61.4 Å². The molecule has 0 fully saturated rings. The minimum absolute atomic E-state index is 0.329. The number of carbonyl (C=O) groups excluding carboxylic acids is 1. The highest BCUT2D eigenvalue weighted by Crippen LogP contribution is 2.25. The van der Waals surface area contributed by atoms with Gasteiger partial charge in [0.15, 0.2) is 0 Å². The summed E-state index contributed by atoms with van der Waals surface area (Å²) in [5, 5.41) is 29.7. The van der Waals surface area contributed by atoms with Gasteiger partial charge in [0.05, 0.1) is 30.1 Å². The van der Waals surface area contributed by atoms with Crippen LogP contribution in [-0.4, -0.2) is 40.6 Å². The molecule has 2 rings (SSSR count). The first kappa shape index (κ1) is 22.1. The Kier molecular flexibility index (Phi) is 8.63.